The molecule has 1 aliphatic rings. The van der Waals surface area contributed by atoms with Gasteiger partial charge in [-0.05, 0) is 30.9 Å². The Balaban J connectivity index is 2.40. The van der Waals surface area contributed by atoms with Gasteiger partial charge in [0.15, 0.2) is 0 Å². The largest absolute Gasteiger partial charge is 0.310 e. The average molecular weight is 229 g/mol. The third kappa shape index (κ3) is 3.99. The quantitative estimate of drug-likeness (QED) is 0.774. The third-order valence-electron chi connectivity index (χ3n) is 4.02. The van der Waals surface area contributed by atoms with Gasteiger partial charge in [-0.2, -0.15) is 11.8 Å². The lowest BCUT2D eigenvalue weighted by atomic mass is 9.78. The maximum atomic E-state index is 3.87. The summed E-state index contributed by atoms with van der Waals surface area (Å²) in [7, 11) is 0. The van der Waals surface area contributed by atoms with Gasteiger partial charge >= 0.3 is 0 Å². The zero-order valence-electron chi connectivity index (χ0n) is 10.8. The lowest BCUT2D eigenvalue weighted by molar-refractivity contribution is 0.196. The molecule has 0 amide bonds. The van der Waals surface area contributed by atoms with Gasteiger partial charge in [0, 0.05) is 17.8 Å². The molecule has 0 heterocycles. The molecule has 4 unspecified atom stereocenters. The van der Waals surface area contributed by atoms with E-state index < -0.39 is 0 Å². The lowest BCUT2D eigenvalue weighted by Crippen LogP contribution is -2.46. The minimum atomic E-state index is 0.720. The fraction of sp³-hybridized carbons (Fsp3) is 1.00. The molecule has 0 aromatic carbocycles. The molecular weight excluding hydrogens is 202 g/mol. The van der Waals surface area contributed by atoms with Crippen LogP contribution in [0.15, 0.2) is 0 Å². The van der Waals surface area contributed by atoms with Crippen molar-refractivity contribution in [1.82, 2.24) is 5.32 Å². The van der Waals surface area contributed by atoms with Crippen molar-refractivity contribution >= 4 is 11.8 Å². The summed E-state index contributed by atoms with van der Waals surface area (Å²) >= 11 is 1.96. The van der Waals surface area contributed by atoms with Crippen LogP contribution in [0.4, 0.5) is 0 Å². The molecule has 0 bridgehead atoms. The molecule has 0 radical (unpaired) electrons. The second kappa shape index (κ2) is 6.80. The first kappa shape index (κ1) is 13.4. The Morgan fingerprint density at radius 3 is 2.67 bits per heavy atom. The zero-order chi connectivity index (χ0) is 11.3. The van der Waals surface area contributed by atoms with Crippen LogP contribution in [-0.4, -0.2) is 24.1 Å². The SMILES string of the molecule is CCC(CSC)NC1CCCC(C)C1C. The fourth-order valence-corrected chi connectivity index (χ4v) is 3.34. The van der Waals surface area contributed by atoms with E-state index in [0.29, 0.717) is 0 Å². The maximum absolute atomic E-state index is 3.87. The highest BCUT2D eigenvalue weighted by atomic mass is 32.2. The van der Waals surface area contributed by atoms with Crippen LogP contribution in [0.5, 0.6) is 0 Å². The molecule has 1 nitrogen and oxygen atoms in total. The van der Waals surface area contributed by atoms with Crippen molar-refractivity contribution in [3.63, 3.8) is 0 Å². The molecule has 0 aliphatic heterocycles. The smallest absolute Gasteiger partial charge is 0.0158 e. The van der Waals surface area contributed by atoms with E-state index in [9.17, 15) is 0 Å². The minimum absolute atomic E-state index is 0.720. The molecule has 1 aliphatic carbocycles. The summed E-state index contributed by atoms with van der Waals surface area (Å²) in [6.45, 7) is 7.13. The number of hydrogen-bond acceptors (Lipinski definition) is 2. The standard InChI is InChI=1S/C13H27NS/c1-5-12(9-15-4)14-13-8-6-7-10(2)11(13)3/h10-14H,5-9H2,1-4H3. The van der Waals surface area contributed by atoms with Crippen molar-refractivity contribution in [3.05, 3.63) is 0 Å². The minimum Gasteiger partial charge on any atom is -0.310 e. The molecule has 0 spiro atoms. The fourth-order valence-electron chi connectivity index (χ4n) is 2.60. The molecule has 0 saturated heterocycles. The predicted molar refractivity (Wildman–Crippen MR) is 71.6 cm³/mol. The monoisotopic (exact) mass is 229 g/mol. The predicted octanol–water partition coefficient (Wildman–Crippen LogP) is 3.54. The molecule has 90 valence electrons. The van der Waals surface area contributed by atoms with Gasteiger partial charge in [0.25, 0.3) is 0 Å². The summed E-state index contributed by atoms with van der Waals surface area (Å²) in [5, 5.41) is 3.87. The molecule has 0 aromatic rings. The third-order valence-corrected chi connectivity index (χ3v) is 4.75. The Morgan fingerprint density at radius 2 is 2.07 bits per heavy atom. The molecule has 2 heteroatoms. The van der Waals surface area contributed by atoms with Gasteiger partial charge in [-0.15, -0.1) is 0 Å². The van der Waals surface area contributed by atoms with Crippen molar-refractivity contribution in [1.29, 1.82) is 0 Å². The van der Waals surface area contributed by atoms with Crippen molar-refractivity contribution in [3.8, 4) is 0 Å². The van der Waals surface area contributed by atoms with E-state index >= 15 is 0 Å². The van der Waals surface area contributed by atoms with Crippen molar-refractivity contribution in [2.24, 2.45) is 11.8 Å². The summed E-state index contributed by atoms with van der Waals surface area (Å²) in [6.07, 6.45) is 7.70. The highest BCUT2D eigenvalue weighted by Gasteiger charge is 2.27. The first-order chi connectivity index (χ1) is 7.19. The van der Waals surface area contributed by atoms with Crippen LogP contribution in [0.1, 0.15) is 46.5 Å². The van der Waals surface area contributed by atoms with Crippen LogP contribution in [0, 0.1) is 11.8 Å². The maximum Gasteiger partial charge on any atom is 0.0158 e. The molecule has 1 N–H and O–H groups in total. The first-order valence-corrected chi connectivity index (χ1v) is 7.83. The number of thioether (sulfide) groups is 1. The van der Waals surface area contributed by atoms with Crippen LogP contribution in [0.3, 0.4) is 0 Å². The highest BCUT2D eigenvalue weighted by Crippen LogP contribution is 2.29. The average Bonchev–Trinajstić information content (AvgIpc) is 2.24. The van der Waals surface area contributed by atoms with Gasteiger partial charge in [0.1, 0.15) is 0 Å². The summed E-state index contributed by atoms with van der Waals surface area (Å²) in [4.78, 5) is 0. The van der Waals surface area contributed by atoms with Gasteiger partial charge in [0.05, 0.1) is 0 Å². The number of nitrogens with one attached hydrogen (secondary N) is 1. The highest BCUT2D eigenvalue weighted by molar-refractivity contribution is 7.98. The van der Waals surface area contributed by atoms with Crippen molar-refractivity contribution in [2.45, 2.75) is 58.5 Å². The molecule has 1 rings (SSSR count). The Morgan fingerprint density at radius 1 is 1.33 bits per heavy atom. The van der Waals surface area contributed by atoms with E-state index in [1.807, 2.05) is 11.8 Å². The Kier molecular flexibility index (Phi) is 6.06. The van der Waals surface area contributed by atoms with E-state index in [1.54, 1.807) is 0 Å². The summed E-state index contributed by atoms with van der Waals surface area (Å²) in [6, 6.07) is 1.49. The van der Waals surface area contributed by atoms with Crippen molar-refractivity contribution in [2.75, 3.05) is 12.0 Å². The molecule has 4 atom stereocenters. The molecule has 0 aromatic heterocycles. The van der Waals surface area contributed by atoms with E-state index in [2.05, 4.69) is 32.3 Å². The van der Waals surface area contributed by atoms with E-state index in [0.717, 1.165) is 23.9 Å². The Bertz CT molecular complexity index is 172. The molecule has 1 fully saturated rings. The normalized spacial score (nSPS) is 34.0. The second-order valence-corrected chi connectivity index (χ2v) is 6.01. The van der Waals surface area contributed by atoms with E-state index in [4.69, 9.17) is 0 Å². The molecule has 15 heavy (non-hydrogen) atoms. The van der Waals surface area contributed by atoms with E-state index in [1.165, 1.54) is 31.4 Å². The van der Waals surface area contributed by atoms with Crippen LogP contribution in [0.25, 0.3) is 0 Å². The lowest BCUT2D eigenvalue weighted by Gasteiger charge is -2.37. The second-order valence-electron chi connectivity index (χ2n) is 5.10. The van der Waals surface area contributed by atoms with Gasteiger partial charge in [-0.3, -0.25) is 0 Å². The topological polar surface area (TPSA) is 12.0 Å². The summed E-state index contributed by atoms with van der Waals surface area (Å²) in [5.74, 6) is 3.02. The van der Waals surface area contributed by atoms with Gasteiger partial charge in [0.2, 0.25) is 0 Å². The van der Waals surface area contributed by atoms with Crippen LogP contribution < -0.4 is 5.32 Å². The van der Waals surface area contributed by atoms with E-state index in [-0.39, 0.29) is 0 Å². The zero-order valence-corrected chi connectivity index (χ0v) is 11.6. The first-order valence-electron chi connectivity index (χ1n) is 6.44. The van der Waals surface area contributed by atoms with Gasteiger partial charge in [-0.1, -0.05) is 33.6 Å². The number of rotatable bonds is 5. The summed E-state index contributed by atoms with van der Waals surface area (Å²) in [5.41, 5.74) is 0. The van der Waals surface area contributed by atoms with Crippen LogP contribution >= 0.6 is 11.8 Å². The molecule has 1 saturated carbocycles. The van der Waals surface area contributed by atoms with Crippen LogP contribution in [0.2, 0.25) is 0 Å². The van der Waals surface area contributed by atoms with Crippen LogP contribution in [-0.2, 0) is 0 Å². The van der Waals surface area contributed by atoms with Gasteiger partial charge in [-0.25, -0.2) is 0 Å². The Hall–Kier alpha value is 0.310. The Labute approximate surface area is 99.8 Å². The number of hydrogen-bond donors (Lipinski definition) is 1. The summed E-state index contributed by atoms with van der Waals surface area (Å²) < 4.78 is 0. The van der Waals surface area contributed by atoms with Crippen molar-refractivity contribution < 1.29 is 0 Å². The molecular formula is C13H27NS. The van der Waals surface area contributed by atoms with Gasteiger partial charge < -0.3 is 5.32 Å².